The van der Waals surface area contributed by atoms with E-state index in [1.807, 2.05) is 14.0 Å². The van der Waals surface area contributed by atoms with Gasteiger partial charge in [0.05, 0.1) is 11.4 Å². The van der Waals surface area contributed by atoms with Crippen molar-refractivity contribution in [3.63, 3.8) is 0 Å². The van der Waals surface area contributed by atoms with Gasteiger partial charge in [0.1, 0.15) is 0 Å². The molecule has 106 valence electrons. The SMILES string of the molecule is Cc1nc(Cl)nc(N(C)CC2CCN(C)CC2)c1N. The minimum absolute atomic E-state index is 0.261. The lowest BCUT2D eigenvalue weighted by atomic mass is 9.96. The van der Waals surface area contributed by atoms with Crippen LogP contribution in [-0.2, 0) is 0 Å². The Morgan fingerprint density at radius 2 is 2.00 bits per heavy atom. The van der Waals surface area contributed by atoms with Gasteiger partial charge in [-0.1, -0.05) is 0 Å². The molecule has 0 spiro atoms. The molecule has 2 rings (SSSR count). The second-order valence-electron chi connectivity index (χ2n) is 5.44. The van der Waals surface area contributed by atoms with Gasteiger partial charge < -0.3 is 15.5 Å². The standard InChI is InChI=1S/C13H22ClN5/c1-9-11(15)12(17-13(14)16-9)19(3)8-10-4-6-18(2)7-5-10/h10H,4-8,15H2,1-3H3. The molecular weight excluding hydrogens is 262 g/mol. The van der Waals surface area contributed by atoms with Crippen molar-refractivity contribution in [2.75, 3.05) is 44.4 Å². The van der Waals surface area contributed by atoms with Crippen LogP contribution in [0.3, 0.4) is 0 Å². The Morgan fingerprint density at radius 1 is 1.37 bits per heavy atom. The lowest BCUT2D eigenvalue weighted by molar-refractivity contribution is 0.222. The molecule has 1 saturated heterocycles. The van der Waals surface area contributed by atoms with E-state index in [0.29, 0.717) is 11.6 Å². The number of hydrogen-bond donors (Lipinski definition) is 1. The van der Waals surface area contributed by atoms with Gasteiger partial charge in [-0.15, -0.1) is 0 Å². The summed E-state index contributed by atoms with van der Waals surface area (Å²) in [6.07, 6.45) is 2.44. The second kappa shape index (κ2) is 5.92. The summed E-state index contributed by atoms with van der Waals surface area (Å²) in [5, 5.41) is 0.261. The molecule has 0 radical (unpaired) electrons. The molecule has 0 unspecified atom stereocenters. The lowest BCUT2D eigenvalue weighted by Crippen LogP contribution is -2.36. The van der Waals surface area contributed by atoms with Gasteiger partial charge in [-0.05, 0) is 57.4 Å². The largest absolute Gasteiger partial charge is 0.394 e. The summed E-state index contributed by atoms with van der Waals surface area (Å²) in [5.41, 5.74) is 7.41. The Balaban J connectivity index is 2.05. The van der Waals surface area contributed by atoms with E-state index in [-0.39, 0.29) is 5.28 Å². The first kappa shape index (κ1) is 14.3. The zero-order valence-electron chi connectivity index (χ0n) is 11.9. The molecule has 1 aliphatic heterocycles. The summed E-state index contributed by atoms with van der Waals surface area (Å²) < 4.78 is 0. The number of nitrogen functional groups attached to an aromatic ring is 1. The summed E-state index contributed by atoms with van der Waals surface area (Å²) in [5.74, 6) is 1.44. The monoisotopic (exact) mass is 283 g/mol. The minimum Gasteiger partial charge on any atom is -0.394 e. The predicted octanol–water partition coefficient (Wildman–Crippen LogP) is 1.80. The smallest absolute Gasteiger partial charge is 0.224 e. The van der Waals surface area contributed by atoms with Crippen LogP contribution in [0.4, 0.5) is 11.5 Å². The Hall–Kier alpha value is -1.07. The van der Waals surface area contributed by atoms with Crippen LogP contribution in [0, 0.1) is 12.8 Å². The number of piperidine rings is 1. The summed E-state index contributed by atoms with van der Waals surface area (Å²) >= 11 is 5.92. The molecule has 0 aromatic carbocycles. The number of nitrogens with two attached hydrogens (primary N) is 1. The second-order valence-corrected chi connectivity index (χ2v) is 5.78. The van der Waals surface area contributed by atoms with Crippen LogP contribution in [0.25, 0.3) is 0 Å². The van der Waals surface area contributed by atoms with Crippen molar-refractivity contribution < 1.29 is 0 Å². The van der Waals surface area contributed by atoms with Crippen LogP contribution in [0.1, 0.15) is 18.5 Å². The van der Waals surface area contributed by atoms with Crippen LogP contribution >= 0.6 is 11.6 Å². The van der Waals surface area contributed by atoms with Gasteiger partial charge in [-0.2, -0.15) is 4.98 Å². The Kier molecular flexibility index (Phi) is 4.47. The van der Waals surface area contributed by atoms with Crippen molar-refractivity contribution in [1.82, 2.24) is 14.9 Å². The van der Waals surface area contributed by atoms with E-state index in [1.54, 1.807) is 0 Å². The number of hydrogen-bond acceptors (Lipinski definition) is 5. The van der Waals surface area contributed by atoms with E-state index in [0.717, 1.165) is 31.1 Å². The fourth-order valence-corrected chi connectivity index (χ4v) is 2.75. The van der Waals surface area contributed by atoms with Gasteiger partial charge in [0, 0.05) is 13.6 Å². The molecule has 0 saturated carbocycles. The zero-order chi connectivity index (χ0) is 14.0. The van der Waals surface area contributed by atoms with Crippen molar-refractivity contribution in [3.05, 3.63) is 11.0 Å². The number of aromatic nitrogens is 2. The minimum atomic E-state index is 0.261. The third kappa shape index (κ3) is 3.48. The molecule has 0 bridgehead atoms. The van der Waals surface area contributed by atoms with E-state index in [4.69, 9.17) is 17.3 Å². The Bertz CT molecular complexity index is 443. The fraction of sp³-hybridized carbons (Fsp3) is 0.692. The van der Waals surface area contributed by atoms with Gasteiger partial charge in [0.15, 0.2) is 5.82 Å². The molecule has 2 heterocycles. The Labute approximate surface area is 119 Å². The number of likely N-dealkylation sites (tertiary alicyclic amines) is 1. The van der Waals surface area contributed by atoms with Gasteiger partial charge in [-0.25, -0.2) is 4.98 Å². The average Bonchev–Trinajstić information content (AvgIpc) is 2.36. The molecule has 0 atom stereocenters. The maximum absolute atomic E-state index is 6.05. The van der Waals surface area contributed by atoms with E-state index in [2.05, 4.69) is 26.8 Å². The van der Waals surface area contributed by atoms with E-state index < -0.39 is 0 Å². The topological polar surface area (TPSA) is 58.3 Å². The zero-order valence-corrected chi connectivity index (χ0v) is 12.6. The number of rotatable bonds is 3. The molecule has 2 N–H and O–H groups in total. The van der Waals surface area contributed by atoms with E-state index in [9.17, 15) is 0 Å². The summed E-state index contributed by atoms with van der Waals surface area (Å²) in [6, 6.07) is 0. The molecule has 1 fully saturated rings. The molecular formula is C13H22ClN5. The van der Waals surface area contributed by atoms with Gasteiger partial charge in [0.25, 0.3) is 0 Å². The van der Waals surface area contributed by atoms with E-state index >= 15 is 0 Å². The van der Waals surface area contributed by atoms with Crippen LogP contribution in [0.15, 0.2) is 0 Å². The summed E-state index contributed by atoms with van der Waals surface area (Å²) in [6.45, 7) is 5.15. The fourth-order valence-electron chi connectivity index (χ4n) is 2.54. The highest BCUT2D eigenvalue weighted by Crippen LogP contribution is 2.26. The third-order valence-electron chi connectivity index (χ3n) is 3.82. The average molecular weight is 284 g/mol. The first-order valence-electron chi connectivity index (χ1n) is 6.66. The van der Waals surface area contributed by atoms with Crippen LogP contribution in [0.2, 0.25) is 5.28 Å². The number of halogens is 1. The van der Waals surface area contributed by atoms with Gasteiger partial charge in [-0.3, -0.25) is 0 Å². The number of nitrogens with zero attached hydrogens (tertiary/aromatic N) is 4. The molecule has 5 nitrogen and oxygen atoms in total. The van der Waals surface area contributed by atoms with Crippen LogP contribution in [0.5, 0.6) is 0 Å². The molecule has 1 aliphatic rings. The van der Waals surface area contributed by atoms with Gasteiger partial charge >= 0.3 is 0 Å². The van der Waals surface area contributed by atoms with Crippen LogP contribution < -0.4 is 10.6 Å². The molecule has 19 heavy (non-hydrogen) atoms. The molecule has 0 amide bonds. The molecule has 0 aliphatic carbocycles. The highest BCUT2D eigenvalue weighted by Gasteiger charge is 2.20. The normalized spacial score (nSPS) is 17.7. The van der Waals surface area contributed by atoms with Crippen LogP contribution in [-0.4, -0.2) is 48.6 Å². The van der Waals surface area contributed by atoms with Gasteiger partial charge in [0.2, 0.25) is 5.28 Å². The highest BCUT2D eigenvalue weighted by molar-refractivity contribution is 6.28. The maximum Gasteiger partial charge on any atom is 0.224 e. The van der Waals surface area contributed by atoms with Crippen molar-refractivity contribution in [1.29, 1.82) is 0 Å². The number of aryl methyl sites for hydroxylation is 1. The Morgan fingerprint density at radius 3 is 2.63 bits per heavy atom. The predicted molar refractivity (Wildman–Crippen MR) is 79.7 cm³/mol. The molecule has 6 heteroatoms. The quantitative estimate of drug-likeness (QED) is 0.857. The van der Waals surface area contributed by atoms with Crippen molar-refractivity contribution in [2.45, 2.75) is 19.8 Å². The first-order chi connectivity index (χ1) is 8.97. The molecule has 1 aromatic rings. The summed E-state index contributed by atoms with van der Waals surface area (Å²) in [4.78, 5) is 12.8. The van der Waals surface area contributed by atoms with Crippen molar-refractivity contribution in [3.8, 4) is 0 Å². The van der Waals surface area contributed by atoms with E-state index in [1.165, 1.54) is 12.8 Å². The lowest BCUT2D eigenvalue weighted by Gasteiger charge is -2.32. The maximum atomic E-state index is 6.05. The van der Waals surface area contributed by atoms with Crippen molar-refractivity contribution in [2.24, 2.45) is 5.92 Å². The third-order valence-corrected chi connectivity index (χ3v) is 3.99. The van der Waals surface area contributed by atoms with Crippen molar-refractivity contribution >= 4 is 23.1 Å². The number of anilines is 2. The highest BCUT2D eigenvalue weighted by atomic mass is 35.5. The first-order valence-corrected chi connectivity index (χ1v) is 7.04. The molecule has 1 aromatic heterocycles. The summed E-state index contributed by atoms with van der Waals surface area (Å²) in [7, 11) is 4.19.